The average molecular weight is 125 g/mol. The van der Waals surface area contributed by atoms with Crippen LogP contribution >= 0.6 is 0 Å². The van der Waals surface area contributed by atoms with Crippen molar-refractivity contribution < 1.29 is 0 Å². The van der Waals surface area contributed by atoms with Gasteiger partial charge in [0.15, 0.2) is 0 Å². The molecule has 0 spiro atoms. The van der Waals surface area contributed by atoms with Gasteiger partial charge in [-0.3, -0.25) is 0 Å². The standard InChI is InChI=1S/C8H15N/c1-2-7-3-5-8(9)6-4-7/h2,7-8H,1,3-6,9H2/t7-,8-. The van der Waals surface area contributed by atoms with Crippen LogP contribution in [-0.4, -0.2) is 6.04 Å². The van der Waals surface area contributed by atoms with Gasteiger partial charge in [0.1, 0.15) is 0 Å². The van der Waals surface area contributed by atoms with E-state index in [2.05, 4.69) is 12.7 Å². The zero-order valence-electron chi connectivity index (χ0n) is 5.84. The predicted molar refractivity (Wildman–Crippen MR) is 40.1 cm³/mol. The molecule has 1 heteroatoms. The van der Waals surface area contributed by atoms with E-state index in [9.17, 15) is 0 Å². The normalized spacial score (nSPS) is 36.1. The Labute approximate surface area is 56.9 Å². The van der Waals surface area contributed by atoms with Crippen LogP contribution in [0.5, 0.6) is 0 Å². The molecule has 0 aromatic heterocycles. The second kappa shape index (κ2) is 3.02. The van der Waals surface area contributed by atoms with E-state index in [0.29, 0.717) is 6.04 Å². The molecule has 1 aliphatic rings. The zero-order valence-corrected chi connectivity index (χ0v) is 5.84. The number of hydrogen-bond donors (Lipinski definition) is 1. The fourth-order valence-corrected chi connectivity index (χ4v) is 1.38. The van der Waals surface area contributed by atoms with Gasteiger partial charge in [-0.2, -0.15) is 0 Å². The van der Waals surface area contributed by atoms with Gasteiger partial charge in [-0.25, -0.2) is 0 Å². The first-order valence-electron chi connectivity index (χ1n) is 3.71. The van der Waals surface area contributed by atoms with Crippen molar-refractivity contribution in [3.05, 3.63) is 12.7 Å². The monoisotopic (exact) mass is 125 g/mol. The molecule has 0 aromatic carbocycles. The quantitative estimate of drug-likeness (QED) is 0.530. The SMILES string of the molecule is C=C[C@H]1CC[C@H](N)CC1. The smallest absolute Gasteiger partial charge is 0.00392 e. The van der Waals surface area contributed by atoms with E-state index in [-0.39, 0.29) is 0 Å². The lowest BCUT2D eigenvalue weighted by Gasteiger charge is -2.22. The van der Waals surface area contributed by atoms with Crippen LogP contribution < -0.4 is 5.73 Å². The molecular formula is C8H15N. The van der Waals surface area contributed by atoms with Gasteiger partial charge in [0.2, 0.25) is 0 Å². The second-order valence-corrected chi connectivity index (χ2v) is 2.91. The van der Waals surface area contributed by atoms with Gasteiger partial charge in [0.25, 0.3) is 0 Å². The molecule has 0 amide bonds. The molecular weight excluding hydrogens is 110 g/mol. The lowest BCUT2D eigenvalue weighted by molar-refractivity contribution is 0.376. The molecule has 9 heavy (non-hydrogen) atoms. The summed E-state index contributed by atoms with van der Waals surface area (Å²) in [5, 5.41) is 0. The Bertz CT molecular complexity index is 90.7. The van der Waals surface area contributed by atoms with Crippen molar-refractivity contribution in [1.82, 2.24) is 0 Å². The van der Waals surface area contributed by atoms with Crippen LogP contribution in [0.1, 0.15) is 25.7 Å². The summed E-state index contributed by atoms with van der Waals surface area (Å²) in [5.41, 5.74) is 5.72. The third kappa shape index (κ3) is 1.83. The predicted octanol–water partition coefficient (Wildman–Crippen LogP) is 1.69. The van der Waals surface area contributed by atoms with E-state index in [1.54, 1.807) is 0 Å². The Hall–Kier alpha value is -0.300. The highest BCUT2D eigenvalue weighted by Crippen LogP contribution is 2.23. The van der Waals surface area contributed by atoms with Crippen LogP contribution in [0.2, 0.25) is 0 Å². The molecule has 0 bridgehead atoms. The van der Waals surface area contributed by atoms with E-state index < -0.39 is 0 Å². The second-order valence-electron chi connectivity index (χ2n) is 2.91. The van der Waals surface area contributed by atoms with Gasteiger partial charge in [-0.05, 0) is 31.6 Å². The summed E-state index contributed by atoms with van der Waals surface area (Å²) in [6, 6.07) is 0.473. The largest absolute Gasteiger partial charge is 0.328 e. The number of nitrogens with two attached hydrogens (primary N) is 1. The fraction of sp³-hybridized carbons (Fsp3) is 0.750. The Kier molecular flexibility index (Phi) is 2.29. The minimum Gasteiger partial charge on any atom is -0.328 e. The molecule has 52 valence electrons. The van der Waals surface area contributed by atoms with Crippen molar-refractivity contribution in [2.75, 3.05) is 0 Å². The first-order valence-corrected chi connectivity index (χ1v) is 3.71. The first-order chi connectivity index (χ1) is 4.33. The van der Waals surface area contributed by atoms with Crippen molar-refractivity contribution in [2.45, 2.75) is 31.7 Å². The summed E-state index contributed by atoms with van der Waals surface area (Å²) in [4.78, 5) is 0. The van der Waals surface area contributed by atoms with Crippen LogP contribution in [-0.2, 0) is 0 Å². The van der Waals surface area contributed by atoms with Crippen LogP contribution in [0.15, 0.2) is 12.7 Å². The third-order valence-electron chi connectivity index (χ3n) is 2.15. The van der Waals surface area contributed by atoms with Gasteiger partial charge in [-0.15, -0.1) is 6.58 Å². The molecule has 2 N–H and O–H groups in total. The Morgan fingerprint density at radius 2 is 1.78 bits per heavy atom. The minimum atomic E-state index is 0.473. The van der Waals surface area contributed by atoms with Crippen molar-refractivity contribution in [1.29, 1.82) is 0 Å². The van der Waals surface area contributed by atoms with Gasteiger partial charge in [0.05, 0.1) is 0 Å². The molecule has 1 nitrogen and oxygen atoms in total. The zero-order chi connectivity index (χ0) is 6.69. The summed E-state index contributed by atoms with van der Waals surface area (Å²) in [5.74, 6) is 0.754. The number of allylic oxidation sites excluding steroid dienone is 1. The van der Waals surface area contributed by atoms with Crippen LogP contribution in [0.4, 0.5) is 0 Å². The van der Waals surface area contributed by atoms with Gasteiger partial charge < -0.3 is 5.73 Å². The van der Waals surface area contributed by atoms with Crippen molar-refractivity contribution in [3.8, 4) is 0 Å². The summed E-state index contributed by atoms with van der Waals surface area (Å²) in [7, 11) is 0. The van der Waals surface area contributed by atoms with Gasteiger partial charge in [0, 0.05) is 6.04 Å². The molecule has 1 fully saturated rings. The first kappa shape index (κ1) is 6.81. The molecule has 0 radical (unpaired) electrons. The summed E-state index contributed by atoms with van der Waals surface area (Å²) in [6.07, 6.45) is 6.95. The maximum Gasteiger partial charge on any atom is 0.00392 e. The highest BCUT2D eigenvalue weighted by molar-refractivity contribution is 4.84. The third-order valence-corrected chi connectivity index (χ3v) is 2.15. The molecule has 0 unspecified atom stereocenters. The highest BCUT2D eigenvalue weighted by atomic mass is 14.6. The Morgan fingerprint density at radius 3 is 2.22 bits per heavy atom. The molecule has 1 aliphatic carbocycles. The number of rotatable bonds is 1. The molecule has 0 heterocycles. The van der Waals surface area contributed by atoms with Crippen LogP contribution in [0.3, 0.4) is 0 Å². The topological polar surface area (TPSA) is 26.0 Å². The van der Waals surface area contributed by atoms with Crippen LogP contribution in [0.25, 0.3) is 0 Å². The van der Waals surface area contributed by atoms with Crippen LogP contribution in [0, 0.1) is 5.92 Å². The maximum atomic E-state index is 5.72. The van der Waals surface area contributed by atoms with E-state index >= 15 is 0 Å². The minimum absolute atomic E-state index is 0.473. The highest BCUT2D eigenvalue weighted by Gasteiger charge is 2.14. The van der Waals surface area contributed by atoms with E-state index in [0.717, 1.165) is 5.92 Å². The van der Waals surface area contributed by atoms with Crippen molar-refractivity contribution >= 4 is 0 Å². The summed E-state index contributed by atoms with van der Waals surface area (Å²) in [6.45, 7) is 3.77. The molecule has 0 saturated heterocycles. The van der Waals surface area contributed by atoms with E-state index in [4.69, 9.17) is 5.73 Å². The van der Waals surface area contributed by atoms with Gasteiger partial charge in [-0.1, -0.05) is 6.08 Å². The molecule has 0 aromatic rings. The lowest BCUT2D eigenvalue weighted by Crippen LogP contribution is -2.25. The molecule has 0 atom stereocenters. The Morgan fingerprint density at radius 1 is 1.22 bits per heavy atom. The lowest BCUT2D eigenvalue weighted by atomic mass is 9.87. The molecule has 1 saturated carbocycles. The average Bonchev–Trinajstić information content (AvgIpc) is 1.90. The molecule has 0 aliphatic heterocycles. The van der Waals surface area contributed by atoms with Crippen molar-refractivity contribution in [2.24, 2.45) is 11.7 Å². The fourth-order valence-electron chi connectivity index (χ4n) is 1.38. The van der Waals surface area contributed by atoms with Gasteiger partial charge >= 0.3 is 0 Å². The summed E-state index contributed by atoms with van der Waals surface area (Å²) >= 11 is 0. The number of hydrogen-bond acceptors (Lipinski definition) is 1. The van der Waals surface area contributed by atoms with E-state index in [1.807, 2.05) is 0 Å². The Balaban J connectivity index is 2.26. The molecule has 1 rings (SSSR count). The van der Waals surface area contributed by atoms with E-state index in [1.165, 1.54) is 25.7 Å². The maximum absolute atomic E-state index is 5.72. The van der Waals surface area contributed by atoms with Crippen molar-refractivity contribution in [3.63, 3.8) is 0 Å². The summed E-state index contributed by atoms with van der Waals surface area (Å²) < 4.78 is 0.